The summed E-state index contributed by atoms with van der Waals surface area (Å²) in [6.45, 7) is 0. The van der Waals surface area contributed by atoms with E-state index in [-0.39, 0.29) is 0 Å². The van der Waals surface area contributed by atoms with E-state index >= 15 is 0 Å². The summed E-state index contributed by atoms with van der Waals surface area (Å²) in [5.41, 5.74) is 2.32. The van der Waals surface area contributed by atoms with Crippen LogP contribution < -0.4 is 0 Å². The molecule has 0 radical (unpaired) electrons. The predicted octanol–water partition coefficient (Wildman–Crippen LogP) is 4.62. The SMILES string of the molecule is O=C(Cl)c1ccc(C#Cc2cccc3ccccc23)cc1. The third-order valence-corrected chi connectivity index (χ3v) is 3.46. The monoisotopic (exact) mass is 290 g/mol. The van der Waals surface area contributed by atoms with Crippen molar-refractivity contribution in [3.05, 3.63) is 83.4 Å². The Morgan fingerprint density at radius 3 is 2.29 bits per heavy atom. The molecule has 0 aliphatic carbocycles. The second-order valence-electron chi connectivity index (χ2n) is 4.63. The number of carbonyl (C=O) groups is 1. The van der Waals surface area contributed by atoms with E-state index in [9.17, 15) is 4.79 Å². The molecule has 0 aliphatic heterocycles. The first-order valence-electron chi connectivity index (χ1n) is 6.54. The molecule has 3 aromatic rings. The zero-order chi connectivity index (χ0) is 14.7. The van der Waals surface area contributed by atoms with Gasteiger partial charge in [-0.2, -0.15) is 0 Å². The van der Waals surface area contributed by atoms with Crippen LogP contribution in [0.15, 0.2) is 66.7 Å². The van der Waals surface area contributed by atoms with Gasteiger partial charge in [0.15, 0.2) is 0 Å². The smallest absolute Gasteiger partial charge is 0.252 e. The van der Waals surface area contributed by atoms with Gasteiger partial charge in [0.05, 0.1) is 0 Å². The number of hydrogen-bond donors (Lipinski definition) is 0. The van der Waals surface area contributed by atoms with Crippen molar-refractivity contribution >= 4 is 27.6 Å². The number of halogens is 1. The Balaban J connectivity index is 1.98. The largest absolute Gasteiger partial charge is 0.276 e. The molecule has 100 valence electrons. The van der Waals surface area contributed by atoms with Crippen LogP contribution >= 0.6 is 11.6 Å². The Morgan fingerprint density at radius 1 is 0.810 bits per heavy atom. The van der Waals surface area contributed by atoms with Gasteiger partial charge in [0.25, 0.3) is 5.24 Å². The van der Waals surface area contributed by atoms with E-state index in [1.807, 2.05) is 24.3 Å². The average molecular weight is 291 g/mol. The molecular formula is C19H11ClO. The van der Waals surface area contributed by atoms with Crippen molar-refractivity contribution in [1.29, 1.82) is 0 Å². The third kappa shape index (κ3) is 2.97. The fourth-order valence-corrected chi connectivity index (χ4v) is 2.28. The highest BCUT2D eigenvalue weighted by atomic mass is 35.5. The van der Waals surface area contributed by atoms with Gasteiger partial charge in [0, 0.05) is 16.7 Å². The maximum atomic E-state index is 11.0. The molecule has 0 unspecified atom stereocenters. The Kier molecular flexibility index (Phi) is 3.73. The minimum Gasteiger partial charge on any atom is -0.276 e. The van der Waals surface area contributed by atoms with Gasteiger partial charge in [-0.1, -0.05) is 48.2 Å². The van der Waals surface area contributed by atoms with E-state index in [1.165, 1.54) is 5.39 Å². The summed E-state index contributed by atoms with van der Waals surface area (Å²) in [4.78, 5) is 11.0. The summed E-state index contributed by atoms with van der Waals surface area (Å²) in [5.74, 6) is 6.30. The fourth-order valence-electron chi connectivity index (χ4n) is 2.16. The summed E-state index contributed by atoms with van der Waals surface area (Å²) in [5, 5.41) is 1.86. The molecule has 0 N–H and O–H groups in total. The van der Waals surface area contributed by atoms with Crippen LogP contribution in [-0.4, -0.2) is 5.24 Å². The lowest BCUT2D eigenvalue weighted by Gasteiger charge is -1.99. The molecule has 0 aliphatic rings. The Morgan fingerprint density at radius 2 is 1.52 bits per heavy atom. The van der Waals surface area contributed by atoms with Gasteiger partial charge in [-0.05, 0) is 52.7 Å². The Hall–Kier alpha value is -2.56. The van der Waals surface area contributed by atoms with E-state index in [2.05, 4.69) is 30.0 Å². The maximum Gasteiger partial charge on any atom is 0.252 e. The topological polar surface area (TPSA) is 17.1 Å². The van der Waals surface area contributed by atoms with Crippen LogP contribution in [0.5, 0.6) is 0 Å². The van der Waals surface area contributed by atoms with Gasteiger partial charge >= 0.3 is 0 Å². The molecule has 0 aromatic heterocycles. The standard InChI is InChI=1S/C19H11ClO/c20-19(21)17-12-9-14(10-13-17)8-11-16-6-3-5-15-4-1-2-7-18(15)16/h1-7,9-10,12-13H. The average Bonchev–Trinajstić information content (AvgIpc) is 2.53. The number of carbonyl (C=O) groups excluding carboxylic acids is 1. The minimum absolute atomic E-state index is 0.455. The second-order valence-corrected chi connectivity index (χ2v) is 4.97. The molecule has 0 bridgehead atoms. The van der Waals surface area contributed by atoms with Crippen LogP contribution in [0.1, 0.15) is 21.5 Å². The molecule has 0 fully saturated rings. The highest BCUT2D eigenvalue weighted by molar-refractivity contribution is 6.67. The normalized spacial score (nSPS) is 9.95. The summed E-state index contributed by atoms with van der Waals surface area (Å²) >= 11 is 5.42. The van der Waals surface area contributed by atoms with E-state index in [1.54, 1.807) is 24.3 Å². The molecule has 0 atom stereocenters. The van der Waals surface area contributed by atoms with Crippen molar-refractivity contribution in [2.75, 3.05) is 0 Å². The third-order valence-electron chi connectivity index (χ3n) is 3.24. The van der Waals surface area contributed by atoms with Crippen LogP contribution in [-0.2, 0) is 0 Å². The van der Waals surface area contributed by atoms with E-state index in [4.69, 9.17) is 11.6 Å². The van der Waals surface area contributed by atoms with Crippen molar-refractivity contribution in [2.45, 2.75) is 0 Å². The van der Waals surface area contributed by atoms with Gasteiger partial charge < -0.3 is 0 Å². The highest BCUT2D eigenvalue weighted by Gasteiger charge is 2.00. The molecule has 3 rings (SSSR count). The predicted molar refractivity (Wildman–Crippen MR) is 86.6 cm³/mol. The van der Waals surface area contributed by atoms with Gasteiger partial charge in [-0.3, -0.25) is 4.79 Å². The molecule has 0 saturated heterocycles. The van der Waals surface area contributed by atoms with E-state index in [0.29, 0.717) is 5.56 Å². The molecular weight excluding hydrogens is 280 g/mol. The molecule has 0 amide bonds. The maximum absolute atomic E-state index is 11.0. The highest BCUT2D eigenvalue weighted by Crippen LogP contribution is 2.17. The van der Waals surface area contributed by atoms with Crippen molar-refractivity contribution in [3.63, 3.8) is 0 Å². The molecule has 2 heteroatoms. The molecule has 1 nitrogen and oxygen atoms in total. The fraction of sp³-hybridized carbons (Fsp3) is 0. The molecule has 3 aromatic carbocycles. The molecule has 0 heterocycles. The number of hydrogen-bond acceptors (Lipinski definition) is 1. The number of fused-ring (bicyclic) bond motifs is 1. The lowest BCUT2D eigenvalue weighted by Crippen LogP contribution is -1.87. The lowest BCUT2D eigenvalue weighted by atomic mass is 10.0. The van der Waals surface area contributed by atoms with Gasteiger partial charge in [-0.25, -0.2) is 0 Å². The molecule has 0 saturated carbocycles. The zero-order valence-corrected chi connectivity index (χ0v) is 11.9. The second kappa shape index (κ2) is 5.83. The quantitative estimate of drug-likeness (QED) is 0.472. The van der Waals surface area contributed by atoms with Crippen molar-refractivity contribution in [2.24, 2.45) is 0 Å². The Bertz CT molecular complexity index is 862. The lowest BCUT2D eigenvalue weighted by molar-refractivity contribution is 0.108. The molecule has 21 heavy (non-hydrogen) atoms. The van der Waals surface area contributed by atoms with Crippen molar-refractivity contribution < 1.29 is 4.79 Å². The van der Waals surface area contributed by atoms with Gasteiger partial charge in [-0.15, -0.1) is 0 Å². The summed E-state index contributed by atoms with van der Waals surface area (Å²) in [6.07, 6.45) is 0. The first kappa shape index (κ1) is 13.4. The van der Waals surface area contributed by atoms with Gasteiger partial charge in [0.1, 0.15) is 0 Å². The van der Waals surface area contributed by atoms with Crippen molar-refractivity contribution in [3.8, 4) is 11.8 Å². The number of rotatable bonds is 1. The summed E-state index contributed by atoms with van der Waals surface area (Å²) in [7, 11) is 0. The van der Waals surface area contributed by atoms with Crippen LogP contribution in [0.25, 0.3) is 10.8 Å². The van der Waals surface area contributed by atoms with E-state index < -0.39 is 5.24 Å². The van der Waals surface area contributed by atoms with E-state index in [0.717, 1.165) is 16.5 Å². The van der Waals surface area contributed by atoms with Crippen LogP contribution in [0.3, 0.4) is 0 Å². The first-order chi connectivity index (χ1) is 10.2. The van der Waals surface area contributed by atoms with Crippen LogP contribution in [0.2, 0.25) is 0 Å². The summed E-state index contributed by atoms with van der Waals surface area (Å²) in [6, 6.07) is 21.2. The zero-order valence-electron chi connectivity index (χ0n) is 11.1. The Labute approximate surface area is 128 Å². The van der Waals surface area contributed by atoms with Crippen LogP contribution in [0, 0.1) is 11.8 Å². The first-order valence-corrected chi connectivity index (χ1v) is 6.91. The minimum atomic E-state index is -0.455. The van der Waals surface area contributed by atoms with Crippen molar-refractivity contribution in [1.82, 2.24) is 0 Å². The number of benzene rings is 3. The summed E-state index contributed by atoms with van der Waals surface area (Å²) < 4.78 is 0. The molecule has 0 spiro atoms. The van der Waals surface area contributed by atoms with Gasteiger partial charge in [0.2, 0.25) is 0 Å². The van der Waals surface area contributed by atoms with Crippen LogP contribution in [0.4, 0.5) is 0 Å².